The number of aryl methyl sites for hydroxylation is 2. The van der Waals surface area contributed by atoms with E-state index in [-0.39, 0.29) is 12.4 Å². The molecule has 1 aliphatic rings. The monoisotopic (exact) mass is 534 g/mol. The number of fused-ring (bicyclic) bond motifs is 3. The Morgan fingerprint density at radius 2 is 1.81 bits per heavy atom. The molecule has 5 rings (SSSR count). The molecule has 0 fully saturated rings. The molecule has 8 nitrogen and oxygen atoms in total. The van der Waals surface area contributed by atoms with Crippen LogP contribution in [0.3, 0.4) is 0 Å². The van der Waals surface area contributed by atoms with Crippen molar-refractivity contribution in [1.82, 2.24) is 19.7 Å². The summed E-state index contributed by atoms with van der Waals surface area (Å²) in [6, 6.07) is 7.72. The molecule has 3 aromatic heterocycles. The first-order chi connectivity index (χ1) is 17.6. The molecule has 4 aromatic rings. The number of rotatable bonds is 5. The summed E-state index contributed by atoms with van der Waals surface area (Å²) in [6.45, 7) is 12.2. The molecule has 0 aliphatic carbocycles. The first kappa shape index (κ1) is 25.4. The fourth-order valence-electron chi connectivity index (χ4n) is 4.37. The molecule has 0 amide bonds. The molecular formula is C27H30N6O2S2. The summed E-state index contributed by atoms with van der Waals surface area (Å²) < 4.78 is 7.69. The Morgan fingerprint density at radius 3 is 2.46 bits per heavy atom. The molecule has 37 heavy (non-hydrogen) atoms. The topological polar surface area (TPSA) is 108 Å². The Morgan fingerprint density at radius 1 is 1.11 bits per heavy atom. The number of thiazole rings is 1. The number of carbonyl (C=O) groups is 1. The van der Waals surface area contributed by atoms with Gasteiger partial charge in [-0.15, -0.1) is 32.9 Å². The SMILES string of the molecule is Cc1sc2c(c1C)C(c1ccc(-c3nc(CN)cs3)cc1)=N[C@@H](CC(=O)OC(C)(C)C)c1nnc(C)n1-2. The molecule has 10 heteroatoms. The van der Waals surface area contributed by atoms with Gasteiger partial charge in [-0.1, -0.05) is 24.3 Å². The van der Waals surface area contributed by atoms with Crippen LogP contribution in [0.25, 0.3) is 15.6 Å². The number of nitrogens with zero attached hydrogens (tertiary/aromatic N) is 5. The van der Waals surface area contributed by atoms with E-state index in [1.807, 2.05) is 37.6 Å². The number of ether oxygens (including phenoxy) is 1. The average Bonchev–Trinajstić information content (AvgIpc) is 3.52. The van der Waals surface area contributed by atoms with Crippen LogP contribution in [0.2, 0.25) is 0 Å². The van der Waals surface area contributed by atoms with E-state index in [0.29, 0.717) is 12.4 Å². The number of hydrogen-bond donors (Lipinski definition) is 1. The zero-order valence-electron chi connectivity index (χ0n) is 21.8. The summed E-state index contributed by atoms with van der Waals surface area (Å²) in [4.78, 5) is 23.9. The Balaban J connectivity index is 1.62. The van der Waals surface area contributed by atoms with Gasteiger partial charge in [-0.25, -0.2) is 4.98 Å². The Bertz CT molecular complexity index is 1500. The number of aliphatic imine (C=N–C) groups is 1. The van der Waals surface area contributed by atoms with Gasteiger partial charge in [-0.05, 0) is 47.1 Å². The van der Waals surface area contributed by atoms with Gasteiger partial charge >= 0.3 is 5.97 Å². The minimum Gasteiger partial charge on any atom is -0.460 e. The largest absolute Gasteiger partial charge is 0.460 e. The molecule has 0 saturated heterocycles. The van der Waals surface area contributed by atoms with Gasteiger partial charge in [-0.3, -0.25) is 14.4 Å². The maximum absolute atomic E-state index is 12.9. The van der Waals surface area contributed by atoms with E-state index in [1.165, 1.54) is 4.88 Å². The number of nitrogens with two attached hydrogens (primary N) is 1. The summed E-state index contributed by atoms with van der Waals surface area (Å²) in [6.07, 6.45) is 0.0743. The Hall–Kier alpha value is -3.21. The quantitative estimate of drug-likeness (QED) is 0.341. The second kappa shape index (κ2) is 9.59. The molecular weight excluding hydrogens is 504 g/mol. The van der Waals surface area contributed by atoms with Crippen LogP contribution in [0.1, 0.15) is 72.1 Å². The van der Waals surface area contributed by atoms with Crippen LogP contribution in [-0.2, 0) is 16.1 Å². The summed E-state index contributed by atoms with van der Waals surface area (Å²) >= 11 is 3.27. The van der Waals surface area contributed by atoms with Gasteiger partial charge < -0.3 is 10.5 Å². The fraction of sp³-hybridized carbons (Fsp3) is 0.370. The van der Waals surface area contributed by atoms with E-state index >= 15 is 0 Å². The third-order valence-corrected chi connectivity index (χ3v) is 8.32. The van der Waals surface area contributed by atoms with E-state index < -0.39 is 11.6 Å². The molecule has 1 aromatic carbocycles. The van der Waals surface area contributed by atoms with Crippen LogP contribution < -0.4 is 5.73 Å². The number of esters is 1. The van der Waals surface area contributed by atoms with E-state index in [2.05, 4.69) is 53.3 Å². The molecule has 0 unspecified atom stereocenters. The van der Waals surface area contributed by atoms with Gasteiger partial charge in [-0.2, -0.15) is 0 Å². The van der Waals surface area contributed by atoms with E-state index in [4.69, 9.17) is 15.5 Å². The van der Waals surface area contributed by atoms with Crippen LogP contribution in [0.5, 0.6) is 0 Å². The highest BCUT2D eigenvalue weighted by atomic mass is 32.1. The van der Waals surface area contributed by atoms with Crippen molar-refractivity contribution in [3.63, 3.8) is 0 Å². The second-order valence-corrected chi connectivity index (χ2v) is 12.2. The third kappa shape index (κ3) is 4.88. The summed E-state index contributed by atoms with van der Waals surface area (Å²) in [5.74, 6) is 1.09. The fourth-order valence-corrected chi connectivity index (χ4v) is 6.42. The number of aromatic nitrogens is 4. The summed E-state index contributed by atoms with van der Waals surface area (Å²) in [5.41, 5.74) is 11.1. The molecule has 0 saturated carbocycles. The Kier molecular flexibility index (Phi) is 6.59. The minimum absolute atomic E-state index is 0.0743. The van der Waals surface area contributed by atoms with Crippen LogP contribution in [0.4, 0.5) is 0 Å². The van der Waals surface area contributed by atoms with Gasteiger partial charge in [0.05, 0.1) is 17.8 Å². The first-order valence-electron chi connectivity index (χ1n) is 12.1. The first-order valence-corrected chi connectivity index (χ1v) is 13.8. The zero-order chi connectivity index (χ0) is 26.5. The van der Waals surface area contributed by atoms with Crippen molar-refractivity contribution in [2.45, 2.75) is 66.2 Å². The van der Waals surface area contributed by atoms with Crippen molar-refractivity contribution >= 4 is 34.4 Å². The maximum atomic E-state index is 12.9. The zero-order valence-corrected chi connectivity index (χ0v) is 23.5. The summed E-state index contributed by atoms with van der Waals surface area (Å²) in [5, 5.41) is 12.8. The molecule has 1 aliphatic heterocycles. The van der Waals surface area contributed by atoms with Crippen molar-refractivity contribution in [2.24, 2.45) is 10.7 Å². The van der Waals surface area contributed by atoms with Crippen molar-refractivity contribution in [1.29, 1.82) is 0 Å². The number of thiophene rings is 1. The molecule has 4 heterocycles. The predicted molar refractivity (Wildman–Crippen MR) is 148 cm³/mol. The predicted octanol–water partition coefficient (Wildman–Crippen LogP) is 5.46. The average molecular weight is 535 g/mol. The van der Waals surface area contributed by atoms with Crippen LogP contribution >= 0.6 is 22.7 Å². The van der Waals surface area contributed by atoms with Crippen molar-refractivity contribution in [3.8, 4) is 15.6 Å². The minimum atomic E-state index is -0.584. The van der Waals surface area contributed by atoms with Crippen molar-refractivity contribution < 1.29 is 9.53 Å². The molecule has 2 N–H and O–H groups in total. The van der Waals surface area contributed by atoms with E-state index in [9.17, 15) is 4.79 Å². The molecule has 0 spiro atoms. The molecule has 0 bridgehead atoms. The van der Waals surface area contributed by atoms with Crippen molar-refractivity contribution in [2.75, 3.05) is 0 Å². The molecule has 192 valence electrons. The van der Waals surface area contributed by atoms with Crippen LogP contribution in [-0.4, -0.2) is 37.0 Å². The lowest BCUT2D eigenvalue weighted by Crippen LogP contribution is -2.25. The van der Waals surface area contributed by atoms with Gasteiger partial charge in [0, 0.05) is 33.5 Å². The van der Waals surface area contributed by atoms with Crippen molar-refractivity contribution in [3.05, 3.63) is 68.6 Å². The molecule has 1 atom stereocenters. The summed E-state index contributed by atoms with van der Waals surface area (Å²) in [7, 11) is 0. The van der Waals surface area contributed by atoms with Crippen LogP contribution in [0.15, 0.2) is 34.6 Å². The third-order valence-electron chi connectivity index (χ3n) is 6.19. The van der Waals surface area contributed by atoms with Gasteiger partial charge in [0.2, 0.25) is 0 Å². The standard InChI is InChI=1S/C27H30N6O2S2/c1-14-15(2)37-26-22(14)23(17-7-9-18(10-8-17)25-29-19(12-28)13-36-25)30-20(11-21(34)35-27(4,5)6)24-32-31-16(3)33(24)26/h7-10,13,20H,11-12,28H2,1-6H3/t20-/m0/s1. The number of benzene rings is 1. The van der Waals surface area contributed by atoms with Gasteiger partial charge in [0.25, 0.3) is 0 Å². The lowest BCUT2D eigenvalue weighted by Gasteiger charge is -2.21. The Labute approximate surface area is 224 Å². The number of hydrogen-bond acceptors (Lipinski definition) is 9. The number of carbonyl (C=O) groups excluding carboxylic acids is 1. The lowest BCUT2D eigenvalue weighted by molar-refractivity contribution is -0.155. The van der Waals surface area contributed by atoms with Crippen LogP contribution in [0, 0.1) is 20.8 Å². The highest BCUT2D eigenvalue weighted by molar-refractivity contribution is 7.15. The smallest absolute Gasteiger partial charge is 0.308 e. The lowest BCUT2D eigenvalue weighted by atomic mass is 9.98. The molecule has 0 radical (unpaired) electrons. The van der Waals surface area contributed by atoms with E-state index in [1.54, 1.807) is 22.7 Å². The van der Waals surface area contributed by atoms with Gasteiger partial charge in [0.15, 0.2) is 5.82 Å². The van der Waals surface area contributed by atoms with Gasteiger partial charge in [0.1, 0.15) is 27.5 Å². The maximum Gasteiger partial charge on any atom is 0.308 e. The second-order valence-electron chi connectivity index (χ2n) is 10.1. The highest BCUT2D eigenvalue weighted by Gasteiger charge is 2.33. The normalized spacial score (nSPS) is 15.1. The highest BCUT2D eigenvalue weighted by Crippen LogP contribution is 2.40. The van der Waals surface area contributed by atoms with E-state index in [0.717, 1.165) is 49.5 Å².